The monoisotopic (exact) mass is 252 g/mol. The van der Waals surface area contributed by atoms with Gasteiger partial charge in [0.1, 0.15) is 0 Å². The van der Waals surface area contributed by atoms with Crippen molar-refractivity contribution in [3.8, 4) is 0 Å². The van der Waals surface area contributed by atoms with E-state index >= 15 is 0 Å². The molecule has 0 saturated carbocycles. The van der Waals surface area contributed by atoms with Crippen LogP contribution in [0.4, 0.5) is 0 Å². The second kappa shape index (κ2) is 4.63. The van der Waals surface area contributed by atoms with Crippen LogP contribution >= 0.6 is 0 Å². The van der Waals surface area contributed by atoms with E-state index in [0.29, 0.717) is 15.0 Å². The molecule has 1 heterocycles. The molecule has 74 valence electrons. The first-order valence-electron chi connectivity index (χ1n) is 4.02. The summed E-state index contributed by atoms with van der Waals surface area (Å²) in [5.74, 6) is -0.611. The van der Waals surface area contributed by atoms with Crippen molar-refractivity contribution in [1.29, 1.82) is 0 Å². The molecule has 0 amide bonds. The molecule has 0 radical (unpaired) electrons. The zero-order chi connectivity index (χ0) is 9.84. The second-order valence-electron chi connectivity index (χ2n) is 2.83. The third kappa shape index (κ3) is 3.36. The van der Waals surface area contributed by atoms with Crippen LogP contribution in [0.25, 0.3) is 0 Å². The molecular formula is C8H12O4Se. The molecule has 4 nitrogen and oxygen atoms in total. The Morgan fingerprint density at radius 2 is 1.46 bits per heavy atom. The fourth-order valence-electron chi connectivity index (χ4n) is 1.16. The molecule has 0 aromatic carbocycles. The van der Waals surface area contributed by atoms with Crippen LogP contribution in [-0.2, 0) is 19.1 Å². The summed E-state index contributed by atoms with van der Waals surface area (Å²) in [7, 11) is 0. The van der Waals surface area contributed by atoms with Gasteiger partial charge in [0, 0.05) is 0 Å². The van der Waals surface area contributed by atoms with Gasteiger partial charge in [-0.25, -0.2) is 0 Å². The molecule has 1 rings (SSSR count). The first kappa shape index (κ1) is 10.5. The molecule has 0 aromatic rings. The van der Waals surface area contributed by atoms with E-state index in [2.05, 4.69) is 0 Å². The Labute approximate surface area is 83.1 Å². The van der Waals surface area contributed by atoms with Gasteiger partial charge in [0.25, 0.3) is 0 Å². The van der Waals surface area contributed by atoms with Crippen molar-refractivity contribution >= 4 is 26.9 Å². The first-order valence-corrected chi connectivity index (χ1v) is 6.44. The van der Waals surface area contributed by atoms with Crippen molar-refractivity contribution in [3.63, 3.8) is 0 Å². The summed E-state index contributed by atoms with van der Waals surface area (Å²) in [5.41, 5.74) is 0. The van der Waals surface area contributed by atoms with E-state index in [1.165, 1.54) is 13.8 Å². The minimum atomic E-state index is -0.306. The van der Waals surface area contributed by atoms with Crippen molar-refractivity contribution in [2.45, 2.75) is 36.7 Å². The van der Waals surface area contributed by atoms with E-state index in [1.807, 2.05) is 0 Å². The molecule has 0 spiro atoms. The zero-order valence-corrected chi connectivity index (χ0v) is 9.32. The van der Waals surface area contributed by atoms with Crippen LogP contribution in [0.3, 0.4) is 0 Å². The first-order chi connectivity index (χ1) is 6.09. The maximum atomic E-state index is 10.7. The number of rotatable bonds is 2. The second-order valence-corrected chi connectivity index (χ2v) is 5.09. The summed E-state index contributed by atoms with van der Waals surface area (Å²) in [6.07, 6.45) is -0.414. The summed E-state index contributed by atoms with van der Waals surface area (Å²) >= 11 is 0.431. The van der Waals surface area contributed by atoms with E-state index < -0.39 is 0 Å². The van der Waals surface area contributed by atoms with Gasteiger partial charge < -0.3 is 0 Å². The van der Waals surface area contributed by atoms with Gasteiger partial charge in [0.15, 0.2) is 0 Å². The van der Waals surface area contributed by atoms with Gasteiger partial charge in [0.05, 0.1) is 0 Å². The Morgan fingerprint density at radius 1 is 1.08 bits per heavy atom. The van der Waals surface area contributed by atoms with Crippen molar-refractivity contribution in [3.05, 3.63) is 0 Å². The molecule has 5 heteroatoms. The molecule has 1 fully saturated rings. The van der Waals surface area contributed by atoms with Crippen LogP contribution in [0.5, 0.6) is 0 Å². The van der Waals surface area contributed by atoms with Gasteiger partial charge in [-0.15, -0.1) is 0 Å². The van der Waals surface area contributed by atoms with E-state index in [4.69, 9.17) is 9.47 Å². The Bertz CT molecular complexity index is 194. The molecule has 0 aliphatic carbocycles. The molecular weight excluding hydrogens is 239 g/mol. The molecule has 1 saturated heterocycles. The Balaban J connectivity index is 2.43. The molecule has 1 aliphatic heterocycles. The van der Waals surface area contributed by atoms with E-state index in [1.54, 1.807) is 0 Å². The van der Waals surface area contributed by atoms with Crippen molar-refractivity contribution in [2.24, 2.45) is 0 Å². The predicted molar refractivity (Wildman–Crippen MR) is 46.5 cm³/mol. The number of esters is 2. The normalized spacial score (nSPS) is 26.9. The van der Waals surface area contributed by atoms with E-state index in [0.717, 1.165) is 10.6 Å². The van der Waals surface area contributed by atoms with Gasteiger partial charge in [0.2, 0.25) is 0 Å². The molecule has 0 unspecified atom stereocenters. The Hall–Kier alpha value is -0.541. The molecule has 0 N–H and O–H groups in total. The standard InChI is InChI=1S/C8H12O4Se/c1-5(9)11-7-3-13-4-8(7)12-6(2)10/h7-8H,3-4H2,1-2H3/t7-,8-/m1/s1. The van der Waals surface area contributed by atoms with Crippen molar-refractivity contribution < 1.29 is 19.1 Å². The third-order valence-electron chi connectivity index (χ3n) is 1.61. The van der Waals surface area contributed by atoms with Gasteiger partial charge in [-0.1, -0.05) is 0 Å². The van der Waals surface area contributed by atoms with Crippen LogP contribution in [0.2, 0.25) is 10.6 Å². The number of carbonyl (C=O) groups excluding carboxylic acids is 2. The predicted octanol–water partition coefficient (Wildman–Crippen LogP) is 0.404. The van der Waals surface area contributed by atoms with Crippen LogP contribution in [0.1, 0.15) is 13.8 Å². The van der Waals surface area contributed by atoms with Gasteiger partial charge in [-0.3, -0.25) is 0 Å². The molecule has 0 aromatic heterocycles. The SMILES string of the molecule is CC(=O)O[C@@H]1C[Se]C[C@H]1OC(C)=O. The topological polar surface area (TPSA) is 52.6 Å². The number of hydrogen-bond donors (Lipinski definition) is 0. The molecule has 1 aliphatic rings. The quantitative estimate of drug-likeness (QED) is 0.526. The van der Waals surface area contributed by atoms with Gasteiger partial charge in [-0.05, 0) is 0 Å². The number of hydrogen-bond acceptors (Lipinski definition) is 4. The van der Waals surface area contributed by atoms with Crippen LogP contribution in [0.15, 0.2) is 0 Å². The molecule has 0 bridgehead atoms. The van der Waals surface area contributed by atoms with Crippen LogP contribution in [0, 0.1) is 0 Å². The third-order valence-corrected chi connectivity index (χ3v) is 3.98. The minimum absolute atomic E-state index is 0.207. The van der Waals surface area contributed by atoms with E-state index in [-0.39, 0.29) is 24.1 Å². The zero-order valence-electron chi connectivity index (χ0n) is 7.61. The fourth-order valence-corrected chi connectivity index (χ4v) is 3.61. The van der Waals surface area contributed by atoms with Crippen LogP contribution < -0.4 is 0 Å². The summed E-state index contributed by atoms with van der Waals surface area (Å²) in [6, 6.07) is 0. The van der Waals surface area contributed by atoms with Crippen LogP contribution in [-0.4, -0.2) is 39.1 Å². The maximum absolute atomic E-state index is 10.7. The fraction of sp³-hybridized carbons (Fsp3) is 0.750. The molecule has 2 atom stereocenters. The number of ether oxygens (including phenoxy) is 2. The average molecular weight is 251 g/mol. The van der Waals surface area contributed by atoms with E-state index in [9.17, 15) is 9.59 Å². The molecule has 13 heavy (non-hydrogen) atoms. The summed E-state index contributed by atoms with van der Waals surface area (Å²) in [5, 5.41) is 1.70. The number of carbonyl (C=O) groups is 2. The average Bonchev–Trinajstić information content (AvgIpc) is 2.34. The Kier molecular flexibility index (Phi) is 3.75. The van der Waals surface area contributed by atoms with Gasteiger partial charge in [-0.2, -0.15) is 0 Å². The van der Waals surface area contributed by atoms with Gasteiger partial charge >= 0.3 is 82.7 Å². The summed E-state index contributed by atoms with van der Waals surface area (Å²) in [6.45, 7) is 2.74. The van der Waals surface area contributed by atoms with Crippen molar-refractivity contribution in [1.82, 2.24) is 0 Å². The Morgan fingerprint density at radius 3 is 1.77 bits per heavy atom. The van der Waals surface area contributed by atoms with Crippen molar-refractivity contribution in [2.75, 3.05) is 0 Å². The summed E-state index contributed by atoms with van der Waals surface area (Å²) in [4.78, 5) is 21.4. The summed E-state index contributed by atoms with van der Waals surface area (Å²) < 4.78 is 10.0.